The molecule has 0 atom stereocenters. The van der Waals surface area contributed by atoms with Crippen molar-refractivity contribution in [1.82, 2.24) is 9.97 Å². The molecule has 1 heterocycles. The number of aryl methyl sites for hydroxylation is 1. The van der Waals surface area contributed by atoms with Crippen LogP contribution in [0.4, 0.5) is 0 Å². The van der Waals surface area contributed by atoms with Crippen molar-refractivity contribution in [3.8, 4) is 11.4 Å². The third-order valence-electron chi connectivity index (χ3n) is 2.44. The van der Waals surface area contributed by atoms with Gasteiger partial charge in [0.05, 0.1) is 0 Å². The van der Waals surface area contributed by atoms with Gasteiger partial charge in [-0.2, -0.15) is 0 Å². The maximum absolute atomic E-state index is 4.55. The average Bonchev–Trinajstić information content (AvgIpc) is 2.31. The van der Waals surface area contributed by atoms with Crippen LogP contribution in [0.5, 0.6) is 0 Å². The largest absolute Gasteiger partial charge is 0.237 e. The first kappa shape index (κ1) is 9.90. The lowest BCUT2D eigenvalue weighted by atomic mass is 9.95. The molecule has 0 saturated carbocycles. The number of hydrogen-bond acceptors (Lipinski definition) is 2. The van der Waals surface area contributed by atoms with Crippen LogP contribution in [-0.2, 0) is 6.42 Å². The molecule has 1 aromatic heterocycles. The van der Waals surface area contributed by atoms with Crippen LogP contribution in [-0.4, -0.2) is 17.8 Å². The Morgan fingerprint density at radius 3 is 2.60 bits per heavy atom. The lowest BCUT2D eigenvalue weighted by Gasteiger charge is -2.04. The van der Waals surface area contributed by atoms with Crippen LogP contribution in [0.1, 0.15) is 12.6 Å². The molecular weight excluding hydrogens is 183 g/mol. The number of nitrogens with zero attached hydrogens (tertiary/aromatic N) is 2. The summed E-state index contributed by atoms with van der Waals surface area (Å²) < 4.78 is 0. The van der Waals surface area contributed by atoms with Crippen molar-refractivity contribution in [3.63, 3.8) is 0 Å². The van der Waals surface area contributed by atoms with E-state index in [1.54, 1.807) is 0 Å². The highest BCUT2D eigenvalue weighted by Crippen LogP contribution is 2.12. The number of benzene rings is 1. The molecule has 2 aromatic rings. The zero-order valence-electron chi connectivity index (χ0n) is 9.07. The topological polar surface area (TPSA) is 25.8 Å². The summed E-state index contributed by atoms with van der Waals surface area (Å²) in [6.07, 6.45) is 2.85. The Labute approximate surface area is 90.8 Å². The van der Waals surface area contributed by atoms with Gasteiger partial charge in [-0.05, 0) is 11.9 Å². The number of hydrogen-bond donors (Lipinski definition) is 0. The molecule has 0 unspecified atom stereocenters. The van der Waals surface area contributed by atoms with Crippen LogP contribution >= 0.6 is 0 Å². The fraction of sp³-hybridized carbons (Fsp3) is 0.167. The summed E-state index contributed by atoms with van der Waals surface area (Å²) in [6, 6.07) is 10.1. The molecule has 0 fully saturated rings. The molecule has 2 rings (SSSR count). The SMILES string of the molecule is Bc1cnc(-c2ccccc2)nc1CC. The van der Waals surface area contributed by atoms with Gasteiger partial charge in [0.25, 0.3) is 0 Å². The first-order valence-electron chi connectivity index (χ1n) is 5.19. The predicted octanol–water partition coefficient (Wildman–Crippen LogP) is 0.964. The summed E-state index contributed by atoms with van der Waals surface area (Å²) >= 11 is 0. The van der Waals surface area contributed by atoms with Gasteiger partial charge >= 0.3 is 0 Å². The number of rotatable bonds is 2. The lowest BCUT2D eigenvalue weighted by Crippen LogP contribution is -2.14. The Morgan fingerprint density at radius 1 is 1.20 bits per heavy atom. The van der Waals surface area contributed by atoms with E-state index in [1.807, 2.05) is 44.4 Å². The maximum Gasteiger partial charge on any atom is 0.159 e. The zero-order chi connectivity index (χ0) is 10.7. The molecule has 0 spiro atoms. The first-order chi connectivity index (χ1) is 7.31. The summed E-state index contributed by atoms with van der Waals surface area (Å²) in [5.41, 5.74) is 3.37. The van der Waals surface area contributed by atoms with Gasteiger partial charge in [-0.1, -0.05) is 37.3 Å². The van der Waals surface area contributed by atoms with E-state index in [4.69, 9.17) is 0 Å². The zero-order valence-corrected chi connectivity index (χ0v) is 9.07. The Bertz CT molecular complexity index is 454. The van der Waals surface area contributed by atoms with Crippen LogP contribution in [0, 0.1) is 0 Å². The third-order valence-corrected chi connectivity index (χ3v) is 2.44. The Morgan fingerprint density at radius 2 is 1.93 bits per heavy atom. The molecule has 0 radical (unpaired) electrons. The summed E-state index contributed by atoms with van der Waals surface area (Å²) in [6.45, 7) is 2.12. The van der Waals surface area contributed by atoms with Crippen molar-refractivity contribution < 1.29 is 0 Å². The maximum atomic E-state index is 4.55. The van der Waals surface area contributed by atoms with Gasteiger partial charge in [-0.15, -0.1) is 0 Å². The second-order valence-corrected chi connectivity index (χ2v) is 3.54. The minimum atomic E-state index is 0.818. The van der Waals surface area contributed by atoms with E-state index in [0.29, 0.717) is 0 Å². The van der Waals surface area contributed by atoms with E-state index >= 15 is 0 Å². The smallest absolute Gasteiger partial charge is 0.159 e. The molecular formula is C12H13BN2. The van der Waals surface area contributed by atoms with Gasteiger partial charge in [0.1, 0.15) is 7.85 Å². The van der Waals surface area contributed by atoms with Crippen molar-refractivity contribution >= 4 is 13.3 Å². The fourth-order valence-corrected chi connectivity index (χ4v) is 1.56. The Balaban J connectivity index is 2.46. The molecule has 0 aliphatic heterocycles. The molecule has 1 aromatic carbocycles. The van der Waals surface area contributed by atoms with Crippen molar-refractivity contribution in [2.24, 2.45) is 0 Å². The van der Waals surface area contributed by atoms with E-state index in [1.165, 1.54) is 0 Å². The van der Waals surface area contributed by atoms with Gasteiger partial charge in [0.15, 0.2) is 5.82 Å². The number of aromatic nitrogens is 2. The molecule has 74 valence electrons. The predicted molar refractivity (Wildman–Crippen MR) is 65.0 cm³/mol. The molecule has 2 nitrogen and oxygen atoms in total. The summed E-state index contributed by atoms with van der Waals surface area (Å²) in [5.74, 6) is 0.818. The second-order valence-electron chi connectivity index (χ2n) is 3.54. The standard InChI is InChI=1S/C12H13BN2/c1-2-11-10(13)8-14-12(15-11)9-6-4-3-5-7-9/h3-8H,2,13H2,1H3. The molecule has 0 aliphatic rings. The minimum Gasteiger partial charge on any atom is -0.237 e. The van der Waals surface area contributed by atoms with E-state index in [9.17, 15) is 0 Å². The van der Waals surface area contributed by atoms with E-state index < -0.39 is 0 Å². The Hall–Kier alpha value is -1.64. The van der Waals surface area contributed by atoms with Crippen molar-refractivity contribution in [3.05, 3.63) is 42.2 Å². The van der Waals surface area contributed by atoms with Gasteiger partial charge in [-0.3, -0.25) is 0 Å². The van der Waals surface area contributed by atoms with Gasteiger partial charge < -0.3 is 0 Å². The monoisotopic (exact) mass is 196 g/mol. The normalized spacial score (nSPS) is 10.2. The molecule has 0 N–H and O–H groups in total. The molecule has 0 saturated heterocycles. The first-order valence-corrected chi connectivity index (χ1v) is 5.19. The third kappa shape index (κ3) is 2.06. The van der Waals surface area contributed by atoms with Crippen molar-refractivity contribution in [2.75, 3.05) is 0 Å². The van der Waals surface area contributed by atoms with Crippen molar-refractivity contribution in [1.29, 1.82) is 0 Å². The van der Waals surface area contributed by atoms with E-state index in [2.05, 4.69) is 16.9 Å². The molecule has 0 aliphatic carbocycles. The van der Waals surface area contributed by atoms with E-state index in [0.717, 1.165) is 29.0 Å². The van der Waals surface area contributed by atoms with Crippen LogP contribution in [0.2, 0.25) is 0 Å². The van der Waals surface area contributed by atoms with Gasteiger partial charge in [0.2, 0.25) is 0 Å². The summed E-state index contributed by atoms with van der Waals surface area (Å²) in [4.78, 5) is 8.90. The highest BCUT2D eigenvalue weighted by Gasteiger charge is 2.03. The van der Waals surface area contributed by atoms with Gasteiger partial charge in [-0.25, -0.2) is 9.97 Å². The highest BCUT2D eigenvalue weighted by atomic mass is 14.9. The fourth-order valence-electron chi connectivity index (χ4n) is 1.56. The van der Waals surface area contributed by atoms with Crippen LogP contribution in [0.3, 0.4) is 0 Å². The van der Waals surface area contributed by atoms with Crippen molar-refractivity contribution in [2.45, 2.75) is 13.3 Å². The van der Waals surface area contributed by atoms with Crippen LogP contribution < -0.4 is 5.46 Å². The lowest BCUT2D eigenvalue weighted by molar-refractivity contribution is 1.02. The minimum absolute atomic E-state index is 0.818. The van der Waals surface area contributed by atoms with E-state index in [-0.39, 0.29) is 0 Å². The average molecular weight is 196 g/mol. The van der Waals surface area contributed by atoms with Gasteiger partial charge in [0, 0.05) is 17.5 Å². The highest BCUT2D eigenvalue weighted by molar-refractivity contribution is 6.32. The second kappa shape index (κ2) is 4.26. The summed E-state index contributed by atoms with van der Waals surface area (Å²) in [7, 11) is 2.05. The molecule has 15 heavy (non-hydrogen) atoms. The van der Waals surface area contributed by atoms with Crippen LogP contribution in [0.15, 0.2) is 36.5 Å². The Kier molecular flexibility index (Phi) is 2.81. The molecule has 3 heteroatoms. The quantitative estimate of drug-likeness (QED) is 0.668. The molecule has 0 amide bonds. The molecule has 0 bridgehead atoms. The summed E-state index contributed by atoms with van der Waals surface area (Å²) in [5, 5.41) is 0. The van der Waals surface area contributed by atoms with Crippen LogP contribution in [0.25, 0.3) is 11.4 Å².